The lowest BCUT2D eigenvalue weighted by molar-refractivity contribution is -0.129. The average molecular weight is 394 g/mol. The minimum Gasteiger partial charge on any atom is -0.490 e. The summed E-state index contributed by atoms with van der Waals surface area (Å²) in [5.41, 5.74) is 2.74. The summed E-state index contributed by atoms with van der Waals surface area (Å²) in [6.07, 6.45) is 0.944. The van der Waals surface area contributed by atoms with Crippen LogP contribution in [-0.4, -0.2) is 47.9 Å². The van der Waals surface area contributed by atoms with Gasteiger partial charge in [0.25, 0.3) is 0 Å². The van der Waals surface area contributed by atoms with Gasteiger partial charge in [0.15, 0.2) is 0 Å². The van der Waals surface area contributed by atoms with Crippen molar-refractivity contribution in [2.24, 2.45) is 5.92 Å². The predicted molar refractivity (Wildman–Crippen MR) is 100 cm³/mol. The molecule has 1 aromatic heterocycles. The maximum atomic E-state index is 12.2. The van der Waals surface area contributed by atoms with Crippen molar-refractivity contribution in [2.75, 3.05) is 26.2 Å². The molecule has 1 fully saturated rings. The highest BCUT2D eigenvalue weighted by Crippen LogP contribution is 2.23. The van der Waals surface area contributed by atoms with Gasteiger partial charge in [-0.1, -0.05) is 23.7 Å². The number of halogens is 1. The van der Waals surface area contributed by atoms with Crippen molar-refractivity contribution >= 4 is 34.8 Å². The fourth-order valence-corrected chi connectivity index (χ4v) is 3.59. The Morgan fingerprint density at radius 2 is 2.27 bits per heavy atom. The van der Waals surface area contributed by atoms with Gasteiger partial charge in [0.1, 0.15) is 12.4 Å². The molecule has 1 aliphatic heterocycles. The molecule has 0 spiro atoms. The fourth-order valence-electron chi connectivity index (χ4n) is 2.81. The molecule has 8 heteroatoms. The van der Waals surface area contributed by atoms with Crippen molar-refractivity contribution in [3.8, 4) is 5.75 Å². The first-order valence-corrected chi connectivity index (χ1v) is 9.75. The van der Waals surface area contributed by atoms with Crippen LogP contribution in [0.1, 0.15) is 12.1 Å². The largest absolute Gasteiger partial charge is 0.490 e. The molecule has 1 atom stereocenters. The molecule has 138 valence electrons. The van der Waals surface area contributed by atoms with Gasteiger partial charge >= 0.3 is 0 Å². The van der Waals surface area contributed by atoms with E-state index in [-0.39, 0.29) is 24.2 Å². The van der Waals surface area contributed by atoms with Crippen LogP contribution in [0.3, 0.4) is 0 Å². The molecule has 2 heterocycles. The number of hydrogen-bond acceptors (Lipinski definition) is 5. The van der Waals surface area contributed by atoms with Gasteiger partial charge in [-0.2, -0.15) is 0 Å². The normalized spacial score (nSPS) is 16.7. The van der Waals surface area contributed by atoms with E-state index in [0.717, 1.165) is 5.69 Å². The zero-order chi connectivity index (χ0) is 18.4. The van der Waals surface area contributed by atoms with E-state index in [0.29, 0.717) is 43.4 Å². The molecule has 0 radical (unpaired) electrons. The molecule has 1 N–H and O–H groups in total. The molecule has 2 aromatic rings. The van der Waals surface area contributed by atoms with E-state index < -0.39 is 0 Å². The second kappa shape index (κ2) is 9.00. The zero-order valence-electron chi connectivity index (χ0n) is 14.2. The molecular formula is C18H20ClN3O3S. The SMILES string of the molecule is O=C(NCCc1cscn1)C1CC(=O)N(CCOc2ccccc2Cl)C1. The lowest BCUT2D eigenvalue weighted by Crippen LogP contribution is -2.35. The third-order valence-corrected chi connectivity index (χ3v) is 5.15. The van der Waals surface area contributed by atoms with Crippen molar-refractivity contribution in [1.82, 2.24) is 15.2 Å². The Morgan fingerprint density at radius 1 is 1.42 bits per heavy atom. The van der Waals surface area contributed by atoms with E-state index in [1.54, 1.807) is 22.5 Å². The van der Waals surface area contributed by atoms with Crippen LogP contribution in [0.4, 0.5) is 0 Å². The molecule has 1 aliphatic rings. The third kappa shape index (κ3) is 4.95. The first-order valence-electron chi connectivity index (χ1n) is 8.43. The Kier molecular flexibility index (Phi) is 6.46. The molecule has 6 nitrogen and oxygen atoms in total. The summed E-state index contributed by atoms with van der Waals surface area (Å²) in [6, 6.07) is 7.21. The number of aromatic nitrogens is 1. The monoisotopic (exact) mass is 393 g/mol. The smallest absolute Gasteiger partial charge is 0.225 e. The van der Waals surface area contributed by atoms with E-state index in [9.17, 15) is 9.59 Å². The standard InChI is InChI=1S/C18H20ClN3O3S/c19-15-3-1-2-4-16(15)25-8-7-22-10-13(9-17(22)23)18(24)20-6-5-14-11-26-12-21-14/h1-4,11-13H,5-10H2,(H,20,24). The van der Waals surface area contributed by atoms with Crippen molar-refractivity contribution in [3.63, 3.8) is 0 Å². The molecule has 1 unspecified atom stereocenters. The van der Waals surface area contributed by atoms with Gasteiger partial charge in [-0.25, -0.2) is 4.98 Å². The summed E-state index contributed by atoms with van der Waals surface area (Å²) in [4.78, 5) is 30.2. The molecule has 0 bridgehead atoms. The van der Waals surface area contributed by atoms with Crippen LogP contribution >= 0.6 is 22.9 Å². The highest BCUT2D eigenvalue weighted by molar-refractivity contribution is 7.07. The van der Waals surface area contributed by atoms with Gasteiger partial charge in [0, 0.05) is 31.3 Å². The van der Waals surface area contributed by atoms with E-state index >= 15 is 0 Å². The lowest BCUT2D eigenvalue weighted by atomic mass is 10.1. The summed E-state index contributed by atoms with van der Waals surface area (Å²) in [5, 5.41) is 5.40. The Morgan fingerprint density at radius 3 is 3.04 bits per heavy atom. The summed E-state index contributed by atoms with van der Waals surface area (Å²) in [6.45, 7) is 1.73. The maximum absolute atomic E-state index is 12.2. The minimum atomic E-state index is -0.307. The Hall–Kier alpha value is -2.12. The number of ether oxygens (including phenoxy) is 1. The number of benzene rings is 1. The quantitative estimate of drug-likeness (QED) is 0.747. The summed E-state index contributed by atoms with van der Waals surface area (Å²) < 4.78 is 5.62. The van der Waals surface area contributed by atoms with Gasteiger partial charge in [0.05, 0.1) is 28.7 Å². The minimum absolute atomic E-state index is 0.0209. The number of amides is 2. The van der Waals surface area contributed by atoms with Crippen LogP contribution < -0.4 is 10.1 Å². The van der Waals surface area contributed by atoms with Gasteiger partial charge < -0.3 is 15.0 Å². The number of carbonyl (C=O) groups is 2. The first kappa shape index (κ1) is 18.7. The van der Waals surface area contributed by atoms with E-state index in [1.807, 2.05) is 17.5 Å². The highest BCUT2D eigenvalue weighted by atomic mass is 35.5. The van der Waals surface area contributed by atoms with Crippen LogP contribution in [0.15, 0.2) is 35.2 Å². The van der Waals surface area contributed by atoms with Crippen molar-refractivity contribution in [2.45, 2.75) is 12.8 Å². The number of para-hydroxylation sites is 1. The van der Waals surface area contributed by atoms with Gasteiger partial charge in [-0.15, -0.1) is 11.3 Å². The van der Waals surface area contributed by atoms with E-state index in [1.165, 1.54) is 11.3 Å². The zero-order valence-corrected chi connectivity index (χ0v) is 15.8. The van der Waals surface area contributed by atoms with Crippen LogP contribution in [-0.2, 0) is 16.0 Å². The molecule has 2 amide bonds. The predicted octanol–water partition coefficient (Wildman–Crippen LogP) is 2.38. The molecule has 0 aliphatic carbocycles. The maximum Gasteiger partial charge on any atom is 0.225 e. The van der Waals surface area contributed by atoms with Crippen LogP contribution in [0.25, 0.3) is 0 Å². The Labute approximate surface area is 161 Å². The van der Waals surface area contributed by atoms with Crippen LogP contribution in [0, 0.1) is 5.92 Å². The molecule has 1 saturated heterocycles. The van der Waals surface area contributed by atoms with Crippen molar-refractivity contribution in [3.05, 3.63) is 45.9 Å². The van der Waals surface area contributed by atoms with Crippen molar-refractivity contribution < 1.29 is 14.3 Å². The lowest BCUT2D eigenvalue weighted by Gasteiger charge is -2.17. The van der Waals surface area contributed by atoms with E-state index in [2.05, 4.69) is 10.3 Å². The average Bonchev–Trinajstić information content (AvgIpc) is 3.27. The molecule has 3 rings (SSSR count). The second-order valence-corrected chi connectivity index (χ2v) is 7.17. The second-order valence-electron chi connectivity index (χ2n) is 6.04. The molecule has 0 saturated carbocycles. The van der Waals surface area contributed by atoms with Gasteiger partial charge in [-0.3, -0.25) is 9.59 Å². The number of carbonyl (C=O) groups excluding carboxylic acids is 2. The fraction of sp³-hybridized carbons (Fsp3) is 0.389. The summed E-state index contributed by atoms with van der Waals surface area (Å²) in [7, 11) is 0. The van der Waals surface area contributed by atoms with Gasteiger partial charge in [-0.05, 0) is 12.1 Å². The van der Waals surface area contributed by atoms with E-state index in [4.69, 9.17) is 16.3 Å². The van der Waals surface area contributed by atoms with Crippen LogP contribution in [0.5, 0.6) is 5.75 Å². The highest BCUT2D eigenvalue weighted by Gasteiger charge is 2.33. The van der Waals surface area contributed by atoms with Crippen LogP contribution in [0.2, 0.25) is 5.02 Å². The summed E-state index contributed by atoms with van der Waals surface area (Å²) >= 11 is 7.57. The topological polar surface area (TPSA) is 71.5 Å². The van der Waals surface area contributed by atoms with Gasteiger partial charge in [0.2, 0.25) is 11.8 Å². The Balaban J connectivity index is 1.40. The Bertz CT molecular complexity index is 754. The molecule has 1 aromatic carbocycles. The third-order valence-electron chi connectivity index (χ3n) is 4.20. The first-order chi connectivity index (χ1) is 12.6. The summed E-state index contributed by atoms with van der Waals surface area (Å²) in [5.74, 6) is 0.186. The number of rotatable bonds is 8. The number of nitrogens with zero attached hydrogens (tertiary/aromatic N) is 2. The number of thiazole rings is 1. The molecular weight excluding hydrogens is 374 g/mol. The number of hydrogen-bond donors (Lipinski definition) is 1. The molecule has 26 heavy (non-hydrogen) atoms. The van der Waals surface area contributed by atoms with Crippen molar-refractivity contribution in [1.29, 1.82) is 0 Å². The number of nitrogens with one attached hydrogen (secondary N) is 1. The number of likely N-dealkylation sites (tertiary alicyclic amines) is 1.